The Labute approximate surface area is 112 Å². The minimum absolute atomic E-state index is 0. The number of halogens is 1. The van der Waals surface area contributed by atoms with Gasteiger partial charge in [-0.2, -0.15) is 0 Å². The zero-order valence-electron chi connectivity index (χ0n) is 10.3. The molecule has 4 nitrogen and oxygen atoms in total. The minimum Gasteiger partial charge on any atom is -0.484 e. The molecule has 96 valence electrons. The standard InChI is InChI=1S/C13H14N2O2.ClH/c1-8-3-4-9-10(15-8)5-6-11-13(9)17-12(14-2)7-16-11;/h3-6,12,14H,7H2,1-2H3;1H/t12-;/m0./s1. The largest absolute Gasteiger partial charge is 0.484 e. The van der Waals surface area contributed by atoms with E-state index in [0.29, 0.717) is 6.61 Å². The first-order chi connectivity index (χ1) is 8.28. The van der Waals surface area contributed by atoms with Crippen molar-refractivity contribution >= 4 is 23.3 Å². The lowest BCUT2D eigenvalue weighted by atomic mass is 10.1. The van der Waals surface area contributed by atoms with Crippen molar-refractivity contribution in [3.8, 4) is 11.5 Å². The van der Waals surface area contributed by atoms with Crippen LogP contribution in [0.2, 0.25) is 0 Å². The molecule has 0 bridgehead atoms. The van der Waals surface area contributed by atoms with Crippen molar-refractivity contribution in [2.24, 2.45) is 0 Å². The topological polar surface area (TPSA) is 43.4 Å². The summed E-state index contributed by atoms with van der Waals surface area (Å²) in [4.78, 5) is 4.48. The van der Waals surface area contributed by atoms with E-state index in [1.807, 2.05) is 38.2 Å². The first kappa shape index (κ1) is 12.9. The summed E-state index contributed by atoms with van der Waals surface area (Å²) in [6.07, 6.45) is -0.102. The number of hydrogen-bond acceptors (Lipinski definition) is 4. The van der Waals surface area contributed by atoms with E-state index in [-0.39, 0.29) is 18.6 Å². The molecule has 0 unspecified atom stereocenters. The number of likely N-dealkylation sites (N-methyl/N-ethyl adjacent to an activating group) is 1. The second-order valence-electron chi connectivity index (χ2n) is 4.12. The first-order valence-electron chi connectivity index (χ1n) is 5.65. The van der Waals surface area contributed by atoms with Crippen LogP contribution in [0.1, 0.15) is 5.69 Å². The summed E-state index contributed by atoms with van der Waals surface area (Å²) in [5, 5.41) is 4.05. The molecule has 1 aliphatic heterocycles. The van der Waals surface area contributed by atoms with Crippen LogP contribution in [0.4, 0.5) is 0 Å². The van der Waals surface area contributed by atoms with Crippen LogP contribution in [-0.4, -0.2) is 24.9 Å². The van der Waals surface area contributed by atoms with E-state index >= 15 is 0 Å². The van der Waals surface area contributed by atoms with Gasteiger partial charge < -0.3 is 9.47 Å². The average molecular weight is 267 g/mol. The van der Waals surface area contributed by atoms with Crippen LogP contribution in [-0.2, 0) is 0 Å². The number of aromatic nitrogens is 1. The number of ether oxygens (including phenoxy) is 2. The number of aryl methyl sites for hydroxylation is 1. The molecular weight excluding hydrogens is 252 g/mol. The van der Waals surface area contributed by atoms with E-state index in [1.54, 1.807) is 0 Å². The first-order valence-corrected chi connectivity index (χ1v) is 5.65. The molecule has 1 aromatic heterocycles. The summed E-state index contributed by atoms with van der Waals surface area (Å²) in [6, 6.07) is 7.88. The third kappa shape index (κ3) is 2.09. The molecule has 0 saturated carbocycles. The number of rotatable bonds is 1. The Bertz CT molecular complexity index is 574. The van der Waals surface area contributed by atoms with E-state index < -0.39 is 0 Å². The predicted octanol–water partition coefficient (Wildman–Crippen LogP) is 2.28. The van der Waals surface area contributed by atoms with Gasteiger partial charge in [-0.1, -0.05) is 0 Å². The van der Waals surface area contributed by atoms with Crippen LogP contribution in [0.15, 0.2) is 24.3 Å². The maximum atomic E-state index is 5.86. The second-order valence-corrected chi connectivity index (χ2v) is 4.12. The normalized spacial score (nSPS) is 17.3. The van der Waals surface area contributed by atoms with Crippen molar-refractivity contribution in [3.63, 3.8) is 0 Å². The molecular formula is C13H15ClN2O2. The summed E-state index contributed by atoms with van der Waals surface area (Å²) in [5.41, 5.74) is 1.93. The zero-order valence-corrected chi connectivity index (χ0v) is 11.1. The smallest absolute Gasteiger partial charge is 0.184 e. The highest BCUT2D eigenvalue weighted by molar-refractivity contribution is 5.88. The quantitative estimate of drug-likeness (QED) is 0.860. The van der Waals surface area contributed by atoms with Gasteiger partial charge in [0.05, 0.1) is 5.52 Å². The molecule has 2 heterocycles. The van der Waals surface area contributed by atoms with Crippen LogP contribution in [0.5, 0.6) is 11.5 Å². The molecule has 0 amide bonds. The van der Waals surface area contributed by atoms with Crippen molar-refractivity contribution in [2.45, 2.75) is 13.2 Å². The highest BCUT2D eigenvalue weighted by Gasteiger charge is 2.21. The molecule has 5 heteroatoms. The van der Waals surface area contributed by atoms with E-state index in [4.69, 9.17) is 9.47 Å². The Morgan fingerprint density at radius 3 is 2.89 bits per heavy atom. The van der Waals surface area contributed by atoms with Crippen molar-refractivity contribution in [1.29, 1.82) is 0 Å². The Morgan fingerprint density at radius 1 is 1.28 bits per heavy atom. The number of pyridine rings is 1. The second kappa shape index (κ2) is 5.00. The van der Waals surface area contributed by atoms with Crippen LogP contribution in [0.25, 0.3) is 10.9 Å². The van der Waals surface area contributed by atoms with Gasteiger partial charge in [0, 0.05) is 11.1 Å². The highest BCUT2D eigenvalue weighted by atomic mass is 35.5. The van der Waals surface area contributed by atoms with Gasteiger partial charge >= 0.3 is 0 Å². The van der Waals surface area contributed by atoms with Gasteiger partial charge in [-0.3, -0.25) is 10.3 Å². The molecule has 18 heavy (non-hydrogen) atoms. The molecule has 3 rings (SSSR count). The predicted molar refractivity (Wildman–Crippen MR) is 72.7 cm³/mol. The van der Waals surface area contributed by atoms with Crippen LogP contribution in [0, 0.1) is 6.92 Å². The number of hydrogen-bond donors (Lipinski definition) is 1. The molecule has 1 aromatic carbocycles. The molecule has 1 aliphatic rings. The summed E-state index contributed by atoms with van der Waals surface area (Å²) in [6.45, 7) is 2.50. The maximum absolute atomic E-state index is 5.86. The van der Waals surface area contributed by atoms with Crippen LogP contribution < -0.4 is 14.8 Å². The third-order valence-corrected chi connectivity index (χ3v) is 2.90. The van der Waals surface area contributed by atoms with Gasteiger partial charge in [-0.05, 0) is 38.2 Å². The number of nitrogens with zero attached hydrogens (tertiary/aromatic N) is 1. The molecule has 1 N–H and O–H groups in total. The molecule has 0 fully saturated rings. The van der Waals surface area contributed by atoms with E-state index in [9.17, 15) is 0 Å². The van der Waals surface area contributed by atoms with Gasteiger partial charge in [-0.25, -0.2) is 0 Å². The average Bonchev–Trinajstić information content (AvgIpc) is 2.37. The van der Waals surface area contributed by atoms with Crippen LogP contribution in [0.3, 0.4) is 0 Å². The zero-order chi connectivity index (χ0) is 11.8. The molecule has 0 aliphatic carbocycles. The monoisotopic (exact) mass is 266 g/mol. The molecule has 0 spiro atoms. The van der Waals surface area contributed by atoms with E-state index in [1.165, 1.54) is 0 Å². The van der Waals surface area contributed by atoms with Crippen molar-refractivity contribution < 1.29 is 9.47 Å². The van der Waals surface area contributed by atoms with Gasteiger partial charge in [0.2, 0.25) is 0 Å². The van der Waals surface area contributed by atoms with Crippen molar-refractivity contribution in [2.75, 3.05) is 13.7 Å². The summed E-state index contributed by atoms with van der Waals surface area (Å²) < 4.78 is 11.5. The lowest BCUT2D eigenvalue weighted by Crippen LogP contribution is -2.39. The summed E-state index contributed by atoms with van der Waals surface area (Å²) in [5.74, 6) is 1.57. The molecule has 2 aromatic rings. The fourth-order valence-corrected chi connectivity index (χ4v) is 1.98. The molecule has 0 radical (unpaired) electrons. The van der Waals surface area contributed by atoms with Gasteiger partial charge in [0.1, 0.15) is 6.61 Å². The summed E-state index contributed by atoms with van der Waals surface area (Å²) >= 11 is 0. The lowest BCUT2D eigenvalue weighted by Gasteiger charge is -2.26. The molecule has 0 saturated heterocycles. The Hall–Kier alpha value is -1.52. The fourth-order valence-electron chi connectivity index (χ4n) is 1.98. The van der Waals surface area contributed by atoms with Gasteiger partial charge in [0.15, 0.2) is 17.7 Å². The number of nitrogens with one attached hydrogen (secondary N) is 1. The lowest BCUT2D eigenvalue weighted by molar-refractivity contribution is 0.0745. The van der Waals surface area contributed by atoms with Crippen molar-refractivity contribution in [3.05, 3.63) is 30.0 Å². The molecule has 1 atom stereocenters. The Balaban J connectivity index is 0.00000120. The highest BCUT2D eigenvalue weighted by Crippen LogP contribution is 2.37. The van der Waals surface area contributed by atoms with E-state index in [2.05, 4.69) is 10.3 Å². The van der Waals surface area contributed by atoms with Crippen molar-refractivity contribution in [1.82, 2.24) is 10.3 Å². The fraction of sp³-hybridized carbons (Fsp3) is 0.308. The minimum atomic E-state index is -0.102. The van der Waals surface area contributed by atoms with Gasteiger partial charge in [-0.15, -0.1) is 12.4 Å². The Morgan fingerprint density at radius 2 is 2.11 bits per heavy atom. The third-order valence-electron chi connectivity index (χ3n) is 2.90. The van der Waals surface area contributed by atoms with Crippen LogP contribution >= 0.6 is 12.4 Å². The van der Waals surface area contributed by atoms with E-state index in [0.717, 1.165) is 28.1 Å². The Kier molecular flexibility index (Phi) is 3.59. The summed E-state index contributed by atoms with van der Waals surface area (Å²) in [7, 11) is 1.85. The van der Waals surface area contributed by atoms with Gasteiger partial charge in [0.25, 0.3) is 0 Å². The number of benzene rings is 1. The maximum Gasteiger partial charge on any atom is 0.184 e. The SMILES string of the molecule is CN[C@@H]1COc2ccc3nc(C)ccc3c2O1.Cl. The number of fused-ring (bicyclic) bond motifs is 3.